The summed E-state index contributed by atoms with van der Waals surface area (Å²) in [6, 6.07) is 11.6. The zero-order chi connectivity index (χ0) is 13.7. The molecule has 1 aromatic heterocycles. The number of hydrogen-bond donors (Lipinski definition) is 1. The Morgan fingerprint density at radius 2 is 2.11 bits per heavy atom. The van der Waals surface area contributed by atoms with E-state index >= 15 is 0 Å². The lowest BCUT2D eigenvalue weighted by atomic mass is 10.4. The first-order valence-corrected chi connectivity index (χ1v) is 7.55. The quantitative estimate of drug-likeness (QED) is 0.841. The fraction of sp³-hybridized carbons (Fsp3) is 0.214. The van der Waals surface area contributed by atoms with Gasteiger partial charge < -0.3 is 9.73 Å². The Labute approximate surface area is 124 Å². The first-order valence-electron chi connectivity index (χ1n) is 5.87. The number of furan rings is 1. The van der Waals surface area contributed by atoms with Crippen molar-refractivity contribution in [2.24, 2.45) is 0 Å². The predicted octanol–water partition coefficient (Wildman–Crippen LogP) is 3.84. The van der Waals surface area contributed by atoms with Crippen molar-refractivity contribution in [3.8, 4) is 0 Å². The van der Waals surface area contributed by atoms with Gasteiger partial charge in [0.15, 0.2) is 0 Å². The van der Waals surface area contributed by atoms with Crippen LogP contribution in [-0.2, 0) is 11.3 Å². The second-order valence-electron chi connectivity index (χ2n) is 4.01. The molecule has 0 aliphatic rings. The predicted molar refractivity (Wildman–Crippen MR) is 80.0 cm³/mol. The van der Waals surface area contributed by atoms with Gasteiger partial charge in [-0.2, -0.15) is 0 Å². The van der Waals surface area contributed by atoms with E-state index in [9.17, 15) is 4.79 Å². The Morgan fingerprint density at radius 3 is 2.74 bits per heavy atom. The molecule has 5 heteroatoms. The van der Waals surface area contributed by atoms with Crippen molar-refractivity contribution in [2.75, 3.05) is 0 Å². The number of halogens is 1. The molecule has 2 aromatic rings. The van der Waals surface area contributed by atoms with E-state index in [1.54, 1.807) is 6.26 Å². The molecule has 0 saturated carbocycles. The van der Waals surface area contributed by atoms with Gasteiger partial charge in [0.1, 0.15) is 5.76 Å². The second-order valence-corrected chi connectivity index (χ2v) is 6.34. The third-order valence-electron chi connectivity index (χ3n) is 2.51. The maximum absolute atomic E-state index is 11.9. The number of hydrogen-bond acceptors (Lipinski definition) is 3. The molecular formula is C14H14BrNO2S. The summed E-state index contributed by atoms with van der Waals surface area (Å²) in [7, 11) is 0. The highest BCUT2D eigenvalue weighted by molar-refractivity contribution is 9.10. The fourth-order valence-corrected chi connectivity index (χ4v) is 2.66. The molecule has 1 atom stereocenters. The van der Waals surface area contributed by atoms with Crippen LogP contribution in [0.5, 0.6) is 0 Å². The standard InChI is InChI=1S/C14H14BrNO2S/c1-10(19-13-6-4-11(15)5-7-13)14(17)16-9-12-3-2-8-18-12/h2-8,10H,9H2,1H3,(H,16,17)/t10-/m1/s1. The zero-order valence-electron chi connectivity index (χ0n) is 10.4. The van der Waals surface area contributed by atoms with Crippen molar-refractivity contribution >= 4 is 33.6 Å². The lowest BCUT2D eigenvalue weighted by Gasteiger charge is -2.11. The molecule has 100 valence electrons. The molecule has 0 saturated heterocycles. The Hall–Kier alpha value is -1.20. The van der Waals surface area contributed by atoms with E-state index in [0.29, 0.717) is 6.54 Å². The molecule has 19 heavy (non-hydrogen) atoms. The maximum atomic E-state index is 11.9. The Balaban J connectivity index is 1.83. The van der Waals surface area contributed by atoms with Gasteiger partial charge in [0.05, 0.1) is 18.1 Å². The monoisotopic (exact) mass is 339 g/mol. The van der Waals surface area contributed by atoms with E-state index in [0.717, 1.165) is 15.1 Å². The number of amides is 1. The van der Waals surface area contributed by atoms with Crippen LogP contribution in [0.1, 0.15) is 12.7 Å². The summed E-state index contributed by atoms with van der Waals surface area (Å²) in [5, 5.41) is 2.71. The molecule has 0 fully saturated rings. The third-order valence-corrected chi connectivity index (χ3v) is 4.15. The molecule has 1 amide bonds. The molecule has 3 nitrogen and oxygen atoms in total. The van der Waals surface area contributed by atoms with Gasteiger partial charge >= 0.3 is 0 Å². The van der Waals surface area contributed by atoms with Gasteiger partial charge in [0.25, 0.3) is 0 Å². The van der Waals surface area contributed by atoms with Gasteiger partial charge in [-0.15, -0.1) is 11.8 Å². The van der Waals surface area contributed by atoms with E-state index in [2.05, 4.69) is 21.2 Å². The van der Waals surface area contributed by atoms with Gasteiger partial charge in [0.2, 0.25) is 5.91 Å². The number of benzene rings is 1. The van der Waals surface area contributed by atoms with Crippen LogP contribution in [0.25, 0.3) is 0 Å². The van der Waals surface area contributed by atoms with Crippen molar-refractivity contribution < 1.29 is 9.21 Å². The maximum Gasteiger partial charge on any atom is 0.233 e. The number of thioether (sulfide) groups is 1. The lowest BCUT2D eigenvalue weighted by Crippen LogP contribution is -2.30. The van der Waals surface area contributed by atoms with Crippen LogP contribution in [0.3, 0.4) is 0 Å². The van der Waals surface area contributed by atoms with Gasteiger partial charge in [-0.1, -0.05) is 15.9 Å². The molecule has 1 N–H and O–H groups in total. The minimum Gasteiger partial charge on any atom is -0.467 e. The molecular weight excluding hydrogens is 326 g/mol. The van der Waals surface area contributed by atoms with Gasteiger partial charge in [-0.25, -0.2) is 0 Å². The van der Waals surface area contributed by atoms with E-state index in [4.69, 9.17) is 4.42 Å². The van der Waals surface area contributed by atoms with Gasteiger partial charge in [-0.05, 0) is 43.3 Å². The summed E-state index contributed by atoms with van der Waals surface area (Å²) in [4.78, 5) is 13.0. The Morgan fingerprint density at radius 1 is 1.37 bits per heavy atom. The zero-order valence-corrected chi connectivity index (χ0v) is 12.8. The summed E-state index contributed by atoms with van der Waals surface area (Å²) in [6.45, 7) is 2.32. The van der Waals surface area contributed by atoms with Gasteiger partial charge in [-0.3, -0.25) is 4.79 Å². The van der Waals surface area contributed by atoms with E-state index < -0.39 is 0 Å². The highest BCUT2D eigenvalue weighted by atomic mass is 79.9. The summed E-state index contributed by atoms with van der Waals surface area (Å²) >= 11 is 4.92. The summed E-state index contributed by atoms with van der Waals surface area (Å²) in [5.41, 5.74) is 0. The van der Waals surface area contributed by atoms with Gasteiger partial charge in [0, 0.05) is 9.37 Å². The van der Waals surface area contributed by atoms with Crippen molar-refractivity contribution in [1.29, 1.82) is 0 Å². The minimum absolute atomic E-state index is 0.00400. The van der Waals surface area contributed by atoms with E-state index in [1.807, 2.05) is 43.3 Å². The average molecular weight is 340 g/mol. The Bertz CT molecular complexity index is 525. The topological polar surface area (TPSA) is 42.2 Å². The van der Waals surface area contributed by atoms with Crippen molar-refractivity contribution in [1.82, 2.24) is 5.32 Å². The van der Waals surface area contributed by atoms with Crippen LogP contribution in [0.15, 0.2) is 56.4 Å². The molecule has 0 aliphatic heterocycles. The Kier molecular flexibility index (Phi) is 5.10. The SMILES string of the molecule is C[C@@H](Sc1ccc(Br)cc1)C(=O)NCc1ccco1. The average Bonchev–Trinajstić information content (AvgIpc) is 2.91. The first-order chi connectivity index (χ1) is 9.15. The summed E-state index contributed by atoms with van der Waals surface area (Å²) in [6.07, 6.45) is 1.60. The van der Waals surface area contributed by atoms with Crippen LogP contribution < -0.4 is 5.32 Å². The molecule has 0 radical (unpaired) electrons. The van der Waals surface area contributed by atoms with Crippen LogP contribution in [-0.4, -0.2) is 11.2 Å². The molecule has 0 aliphatic carbocycles. The molecule has 1 heterocycles. The molecule has 1 aromatic carbocycles. The molecule has 0 unspecified atom stereocenters. The molecule has 0 spiro atoms. The first kappa shape index (κ1) is 14.2. The number of rotatable bonds is 5. The van der Waals surface area contributed by atoms with Crippen LogP contribution >= 0.6 is 27.7 Å². The van der Waals surface area contributed by atoms with Crippen molar-refractivity contribution in [2.45, 2.75) is 23.6 Å². The largest absolute Gasteiger partial charge is 0.467 e. The number of nitrogens with one attached hydrogen (secondary N) is 1. The van der Waals surface area contributed by atoms with Crippen molar-refractivity contribution in [3.63, 3.8) is 0 Å². The summed E-state index contributed by atoms with van der Waals surface area (Å²) in [5.74, 6) is 0.763. The van der Waals surface area contributed by atoms with Crippen LogP contribution in [0.2, 0.25) is 0 Å². The van der Waals surface area contributed by atoms with Crippen molar-refractivity contribution in [3.05, 3.63) is 52.9 Å². The molecule has 2 rings (SSSR count). The lowest BCUT2D eigenvalue weighted by molar-refractivity contribution is -0.120. The van der Waals surface area contributed by atoms with Crippen LogP contribution in [0.4, 0.5) is 0 Å². The minimum atomic E-state index is -0.142. The van der Waals surface area contributed by atoms with Crippen LogP contribution in [0, 0.1) is 0 Å². The third kappa shape index (κ3) is 4.44. The highest BCUT2D eigenvalue weighted by Gasteiger charge is 2.14. The fourth-order valence-electron chi connectivity index (χ4n) is 1.50. The highest BCUT2D eigenvalue weighted by Crippen LogP contribution is 2.24. The normalized spacial score (nSPS) is 12.1. The number of carbonyl (C=O) groups is 1. The number of carbonyl (C=O) groups excluding carboxylic acids is 1. The second kappa shape index (κ2) is 6.82. The smallest absolute Gasteiger partial charge is 0.233 e. The molecule has 0 bridgehead atoms. The van der Waals surface area contributed by atoms with E-state index in [1.165, 1.54) is 11.8 Å². The van der Waals surface area contributed by atoms with E-state index in [-0.39, 0.29) is 11.2 Å². The summed E-state index contributed by atoms with van der Waals surface area (Å²) < 4.78 is 6.20.